The summed E-state index contributed by atoms with van der Waals surface area (Å²) in [7, 11) is 0. The number of likely N-dealkylation sites (tertiary alicyclic amines) is 1. The van der Waals surface area contributed by atoms with Crippen molar-refractivity contribution < 1.29 is 9.72 Å². The number of carbonyl (C=O) groups excluding carboxylic acids is 1. The molecule has 0 radical (unpaired) electrons. The summed E-state index contributed by atoms with van der Waals surface area (Å²) in [4.78, 5) is 29.0. The minimum absolute atomic E-state index is 0.0207. The van der Waals surface area contributed by atoms with Crippen LogP contribution in [-0.4, -0.2) is 33.9 Å². The largest absolute Gasteiger partial charge is 0.324 e. The number of aromatic nitrogens is 1. The van der Waals surface area contributed by atoms with Crippen molar-refractivity contribution in [2.75, 3.05) is 18.4 Å². The Bertz CT molecular complexity index is 748. The Balaban J connectivity index is 1.67. The number of nitrogens with one attached hydrogen (secondary N) is 1. The SMILES string of the molecule is Cc1cc([N+](=O)[O-])ccc1NC(=O)N1CCC[C@@H](c2nccs2)C1. The fraction of sp³-hybridized carbons (Fsp3) is 0.375. The van der Waals surface area contributed by atoms with Gasteiger partial charge in [-0.1, -0.05) is 0 Å². The number of thiazole rings is 1. The molecule has 8 heteroatoms. The van der Waals surface area contributed by atoms with E-state index in [1.165, 1.54) is 12.1 Å². The topological polar surface area (TPSA) is 88.4 Å². The molecule has 1 saturated heterocycles. The van der Waals surface area contributed by atoms with Crippen LogP contribution in [0.5, 0.6) is 0 Å². The van der Waals surface area contributed by atoms with Gasteiger partial charge in [-0.05, 0) is 31.4 Å². The van der Waals surface area contributed by atoms with Crippen molar-refractivity contribution in [1.29, 1.82) is 0 Å². The lowest BCUT2D eigenvalue weighted by Gasteiger charge is -2.32. The zero-order chi connectivity index (χ0) is 17.1. The molecular weight excluding hydrogens is 328 g/mol. The first-order chi connectivity index (χ1) is 11.5. The molecule has 1 aliphatic rings. The Morgan fingerprint density at radius 2 is 2.33 bits per heavy atom. The Hall–Kier alpha value is -2.48. The number of nitro groups is 1. The number of aryl methyl sites for hydroxylation is 1. The first-order valence-corrected chi connectivity index (χ1v) is 8.63. The number of amides is 2. The highest BCUT2D eigenvalue weighted by Gasteiger charge is 2.26. The number of anilines is 1. The molecule has 7 nitrogen and oxygen atoms in total. The molecular formula is C16H18N4O3S. The van der Waals surface area contributed by atoms with E-state index in [9.17, 15) is 14.9 Å². The van der Waals surface area contributed by atoms with Crippen LogP contribution < -0.4 is 5.32 Å². The number of hydrogen-bond donors (Lipinski definition) is 1. The normalized spacial score (nSPS) is 17.5. The summed E-state index contributed by atoms with van der Waals surface area (Å²) in [6.07, 6.45) is 3.77. The van der Waals surface area contributed by atoms with Crippen LogP contribution in [0.3, 0.4) is 0 Å². The van der Waals surface area contributed by atoms with E-state index in [1.807, 2.05) is 5.38 Å². The molecule has 2 heterocycles. The number of carbonyl (C=O) groups is 1. The molecule has 0 unspecified atom stereocenters. The Morgan fingerprint density at radius 3 is 3.00 bits per heavy atom. The molecule has 126 valence electrons. The summed E-state index contributed by atoms with van der Waals surface area (Å²) in [5, 5.41) is 16.7. The van der Waals surface area contributed by atoms with Crippen molar-refractivity contribution in [3.05, 3.63) is 50.5 Å². The third-order valence-electron chi connectivity index (χ3n) is 4.17. The molecule has 1 fully saturated rings. The van der Waals surface area contributed by atoms with E-state index in [0.29, 0.717) is 24.3 Å². The van der Waals surface area contributed by atoms with Crippen molar-refractivity contribution in [2.24, 2.45) is 0 Å². The molecule has 3 rings (SSSR count). The van der Waals surface area contributed by atoms with E-state index >= 15 is 0 Å². The maximum absolute atomic E-state index is 12.5. The quantitative estimate of drug-likeness (QED) is 0.677. The molecule has 0 saturated carbocycles. The van der Waals surface area contributed by atoms with E-state index in [1.54, 1.807) is 35.4 Å². The minimum atomic E-state index is -0.443. The molecule has 0 aliphatic carbocycles. The van der Waals surface area contributed by atoms with Gasteiger partial charge in [0.2, 0.25) is 0 Å². The van der Waals surface area contributed by atoms with Gasteiger partial charge in [0.05, 0.1) is 9.93 Å². The van der Waals surface area contributed by atoms with E-state index in [0.717, 1.165) is 17.8 Å². The van der Waals surface area contributed by atoms with E-state index in [-0.39, 0.29) is 17.6 Å². The first kappa shape index (κ1) is 16.4. The maximum Gasteiger partial charge on any atom is 0.321 e. The lowest BCUT2D eigenvalue weighted by atomic mass is 9.99. The number of rotatable bonds is 3. The molecule has 1 aromatic carbocycles. The van der Waals surface area contributed by atoms with E-state index in [4.69, 9.17) is 0 Å². The Labute approximate surface area is 143 Å². The number of non-ortho nitro benzene ring substituents is 1. The Kier molecular flexibility index (Phi) is 4.75. The standard InChI is InChI=1S/C16H18N4O3S/c1-11-9-13(20(22)23)4-5-14(11)18-16(21)19-7-2-3-12(10-19)15-17-6-8-24-15/h4-6,8-9,12H,2-3,7,10H2,1H3,(H,18,21)/t12-/m1/s1. The predicted molar refractivity (Wildman–Crippen MR) is 92.5 cm³/mol. The molecule has 0 bridgehead atoms. The number of nitrogens with zero attached hydrogens (tertiary/aromatic N) is 3. The van der Waals surface area contributed by atoms with Gasteiger partial charge in [-0.15, -0.1) is 11.3 Å². The second kappa shape index (κ2) is 6.96. The lowest BCUT2D eigenvalue weighted by molar-refractivity contribution is -0.384. The maximum atomic E-state index is 12.5. The van der Waals surface area contributed by atoms with Gasteiger partial charge in [-0.25, -0.2) is 9.78 Å². The molecule has 1 N–H and O–H groups in total. The third kappa shape index (κ3) is 3.53. The number of urea groups is 1. The van der Waals surface area contributed by atoms with Gasteiger partial charge < -0.3 is 10.2 Å². The van der Waals surface area contributed by atoms with Crippen molar-refractivity contribution in [3.8, 4) is 0 Å². The van der Waals surface area contributed by atoms with Gasteiger partial charge in [-0.3, -0.25) is 10.1 Å². The number of nitro benzene ring substituents is 1. The molecule has 1 aliphatic heterocycles. The predicted octanol–water partition coefficient (Wildman–Crippen LogP) is 3.77. The first-order valence-electron chi connectivity index (χ1n) is 7.75. The fourth-order valence-electron chi connectivity index (χ4n) is 2.90. The molecule has 24 heavy (non-hydrogen) atoms. The second-order valence-corrected chi connectivity index (χ2v) is 6.77. The zero-order valence-corrected chi connectivity index (χ0v) is 14.1. The highest BCUT2D eigenvalue weighted by Crippen LogP contribution is 2.29. The molecule has 0 spiro atoms. The monoisotopic (exact) mass is 346 g/mol. The van der Waals surface area contributed by atoms with E-state index in [2.05, 4.69) is 10.3 Å². The summed E-state index contributed by atoms with van der Waals surface area (Å²) in [6, 6.07) is 4.27. The summed E-state index contributed by atoms with van der Waals surface area (Å²) >= 11 is 1.62. The second-order valence-electron chi connectivity index (χ2n) is 5.84. The molecule has 2 aromatic rings. The van der Waals surface area contributed by atoms with Crippen LogP contribution in [0.25, 0.3) is 0 Å². The average molecular weight is 346 g/mol. The molecule has 1 atom stereocenters. The molecule has 2 amide bonds. The summed E-state index contributed by atoms with van der Waals surface area (Å²) in [5.41, 5.74) is 1.29. The zero-order valence-electron chi connectivity index (χ0n) is 13.3. The van der Waals surface area contributed by atoms with Gasteiger partial charge in [0, 0.05) is 48.4 Å². The smallest absolute Gasteiger partial charge is 0.321 e. The van der Waals surface area contributed by atoms with Crippen LogP contribution in [0.4, 0.5) is 16.2 Å². The Morgan fingerprint density at radius 1 is 1.50 bits per heavy atom. The van der Waals surface area contributed by atoms with Crippen LogP contribution in [0.15, 0.2) is 29.8 Å². The summed E-state index contributed by atoms with van der Waals surface area (Å²) in [6.45, 7) is 3.10. The average Bonchev–Trinajstić information content (AvgIpc) is 3.11. The van der Waals surface area contributed by atoms with Crippen LogP contribution >= 0.6 is 11.3 Å². The van der Waals surface area contributed by atoms with Gasteiger partial charge >= 0.3 is 6.03 Å². The van der Waals surface area contributed by atoms with Crippen LogP contribution in [0.1, 0.15) is 29.3 Å². The number of piperidine rings is 1. The summed E-state index contributed by atoms with van der Waals surface area (Å²) in [5.74, 6) is 0.280. The highest BCUT2D eigenvalue weighted by molar-refractivity contribution is 7.09. The van der Waals surface area contributed by atoms with Crippen LogP contribution in [0.2, 0.25) is 0 Å². The van der Waals surface area contributed by atoms with Gasteiger partial charge in [0.1, 0.15) is 0 Å². The van der Waals surface area contributed by atoms with Crippen molar-refractivity contribution in [1.82, 2.24) is 9.88 Å². The van der Waals surface area contributed by atoms with Crippen LogP contribution in [-0.2, 0) is 0 Å². The number of hydrogen-bond acceptors (Lipinski definition) is 5. The van der Waals surface area contributed by atoms with Crippen molar-refractivity contribution >= 4 is 28.7 Å². The third-order valence-corrected chi connectivity index (χ3v) is 5.11. The summed E-state index contributed by atoms with van der Waals surface area (Å²) < 4.78 is 0. The number of benzene rings is 1. The van der Waals surface area contributed by atoms with Gasteiger partial charge in [0.15, 0.2) is 0 Å². The van der Waals surface area contributed by atoms with Gasteiger partial charge in [-0.2, -0.15) is 0 Å². The van der Waals surface area contributed by atoms with Gasteiger partial charge in [0.25, 0.3) is 5.69 Å². The van der Waals surface area contributed by atoms with E-state index < -0.39 is 4.92 Å². The highest BCUT2D eigenvalue weighted by atomic mass is 32.1. The lowest BCUT2D eigenvalue weighted by Crippen LogP contribution is -2.41. The van der Waals surface area contributed by atoms with Crippen molar-refractivity contribution in [3.63, 3.8) is 0 Å². The minimum Gasteiger partial charge on any atom is -0.324 e. The van der Waals surface area contributed by atoms with Crippen molar-refractivity contribution in [2.45, 2.75) is 25.7 Å². The van der Waals surface area contributed by atoms with Crippen LogP contribution in [0, 0.1) is 17.0 Å². The molecule has 1 aromatic heterocycles. The fourth-order valence-corrected chi connectivity index (χ4v) is 3.66.